The van der Waals surface area contributed by atoms with Crippen molar-refractivity contribution in [1.29, 1.82) is 0 Å². The average molecular weight is 348 g/mol. The molecule has 0 spiro atoms. The van der Waals surface area contributed by atoms with Gasteiger partial charge in [-0.25, -0.2) is 0 Å². The minimum absolute atomic E-state index is 0.0446. The van der Waals surface area contributed by atoms with Gasteiger partial charge in [-0.3, -0.25) is 14.5 Å². The number of aryl methyl sites for hydroxylation is 1. The fraction of sp³-hybridized carbons (Fsp3) is 0.471. The summed E-state index contributed by atoms with van der Waals surface area (Å²) in [5, 5.41) is 16.2. The quantitative estimate of drug-likeness (QED) is 0.719. The van der Waals surface area contributed by atoms with E-state index in [0.717, 1.165) is 24.0 Å². The zero-order valence-corrected chi connectivity index (χ0v) is 15.0. The third kappa shape index (κ3) is 4.52. The van der Waals surface area contributed by atoms with Crippen LogP contribution in [-0.2, 0) is 11.3 Å². The number of hydrogen-bond donors (Lipinski definition) is 2. The Morgan fingerprint density at radius 1 is 1.33 bits per heavy atom. The number of nitrogens with zero attached hydrogens (tertiary/aromatic N) is 3. The number of unbranched alkanes of at least 4 members (excludes halogenated alkanes) is 1. The lowest BCUT2D eigenvalue weighted by atomic mass is 10.1. The molecule has 0 radical (unpaired) electrons. The minimum atomic E-state index is -0.0663. The largest absolute Gasteiger partial charge is 0.395 e. The molecule has 1 amide bonds. The Balaban J connectivity index is 2.22. The van der Waals surface area contributed by atoms with E-state index >= 15 is 0 Å². The summed E-state index contributed by atoms with van der Waals surface area (Å²) >= 11 is 5.28. The van der Waals surface area contributed by atoms with Crippen LogP contribution in [0.5, 0.6) is 0 Å². The van der Waals surface area contributed by atoms with Crippen molar-refractivity contribution < 1.29 is 9.90 Å². The van der Waals surface area contributed by atoms with Gasteiger partial charge in [0.15, 0.2) is 10.6 Å². The van der Waals surface area contributed by atoms with Crippen LogP contribution in [0.25, 0.3) is 11.4 Å². The van der Waals surface area contributed by atoms with E-state index in [2.05, 4.69) is 17.1 Å². The molecule has 1 heterocycles. The monoisotopic (exact) mass is 348 g/mol. The molecule has 1 aromatic carbocycles. The van der Waals surface area contributed by atoms with Gasteiger partial charge in [-0.15, -0.1) is 0 Å². The maximum Gasteiger partial charge on any atom is 0.242 e. The lowest BCUT2D eigenvalue weighted by Gasteiger charge is -2.22. The summed E-state index contributed by atoms with van der Waals surface area (Å²) in [6, 6.07) is 7.92. The molecule has 0 aliphatic heterocycles. The van der Waals surface area contributed by atoms with E-state index < -0.39 is 0 Å². The number of aliphatic hydroxyl groups is 1. The number of aromatic nitrogens is 3. The standard InChI is InChI=1S/C17H24N4O2S/c1-3-4-9-20(10-11-22)15(23)12-21-16(18-19-17(21)24)14-7-5-13(2)6-8-14/h5-8,22H,3-4,9-12H2,1-2H3,(H,19,24). The number of aliphatic hydroxyl groups excluding tert-OH is 1. The zero-order chi connectivity index (χ0) is 17.5. The van der Waals surface area contributed by atoms with Gasteiger partial charge < -0.3 is 10.0 Å². The number of amides is 1. The lowest BCUT2D eigenvalue weighted by Crippen LogP contribution is -2.37. The third-order valence-electron chi connectivity index (χ3n) is 3.87. The first kappa shape index (κ1) is 18.4. The van der Waals surface area contributed by atoms with Gasteiger partial charge in [-0.2, -0.15) is 5.10 Å². The molecule has 0 aliphatic carbocycles. The smallest absolute Gasteiger partial charge is 0.242 e. The Labute approximate surface area is 147 Å². The first-order chi connectivity index (χ1) is 11.6. The number of carbonyl (C=O) groups excluding carboxylic acids is 1. The maximum atomic E-state index is 12.6. The average Bonchev–Trinajstić information content (AvgIpc) is 2.93. The van der Waals surface area contributed by atoms with Crippen LogP contribution in [0.3, 0.4) is 0 Å². The topological polar surface area (TPSA) is 74.2 Å². The molecule has 0 saturated carbocycles. The summed E-state index contributed by atoms with van der Waals surface area (Å²) < 4.78 is 2.12. The fourth-order valence-electron chi connectivity index (χ4n) is 2.45. The Hall–Kier alpha value is -1.99. The van der Waals surface area contributed by atoms with E-state index in [4.69, 9.17) is 12.2 Å². The highest BCUT2D eigenvalue weighted by Crippen LogP contribution is 2.18. The molecule has 7 heteroatoms. The van der Waals surface area contributed by atoms with Crippen LogP contribution in [0, 0.1) is 11.7 Å². The Bertz CT molecular complexity index is 721. The van der Waals surface area contributed by atoms with E-state index in [-0.39, 0.29) is 19.1 Å². The van der Waals surface area contributed by atoms with E-state index in [1.807, 2.05) is 31.2 Å². The van der Waals surface area contributed by atoms with Crippen LogP contribution in [0.2, 0.25) is 0 Å². The van der Waals surface area contributed by atoms with Gasteiger partial charge in [-0.1, -0.05) is 43.2 Å². The highest BCUT2D eigenvalue weighted by molar-refractivity contribution is 7.71. The van der Waals surface area contributed by atoms with Crippen molar-refractivity contribution >= 4 is 18.1 Å². The summed E-state index contributed by atoms with van der Waals surface area (Å²) in [5.74, 6) is 0.580. The van der Waals surface area contributed by atoms with Crippen LogP contribution in [0.15, 0.2) is 24.3 Å². The Morgan fingerprint density at radius 2 is 2.04 bits per heavy atom. The van der Waals surface area contributed by atoms with Crippen molar-refractivity contribution in [3.8, 4) is 11.4 Å². The normalized spacial score (nSPS) is 10.8. The van der Waals surface area contributed by atoms with Gasteiger partial charge in [-0.05, 0) is 25.6 Å². The van der Waals surface area contributed by atoms with Crippen LogP contribution in [0.4, 0.5) is 0 Å². The Kier molecular flexibility index (Phi) is 6.69. The molecule has 0 aliphatic rings. The van der Waals surface area contributed by atoms with Gasteiger partial charge in [0.05, 0.1) is 6.61 Å². The number of H-pyrrole nitrogens is 1. The summed E-state index contributed by atoms with van der Waals surface area (Å²) in [5.41, 5.74) is 2.06. The van der Waals surface area contributed by atoms with Gasteiger partial charge in [0.1, 0.15) is 6.54 Å². The molecular weight excluding hydrogens is 324 g/mol. The van der Waals surface area contributed by atoms with Crippen molar-refractivity contribution in [1.82, 2.24) is 19.7 Å². The highest BCUT2D eigenvalue weighted by atomic mass is 32.1. The van der Waals surface area contributed by atoms with Gasteiger partial charge >= 0.3 is 0 Å². The van der Waals surface area contributed by atoms with Crippen LogP contribution in [-0.4, -0.2) is 50.4 Å². The lowest BCUT2D eigenvalue weighted by molar-refractivity contribution is -0.132. The SMILES string of the molecule is CCCCN(CCO)C(=O)Cn1c(-c2ccc(C)cc2)n[nH]c1=S. The van der Waals surface area contributed by atoms with Crippen molar-refractivity contribution in [2.45, 2.75) is 33.2 Å². The number of benzene rings is 1. The summed E-state index contributed by atoms with van der Waals surface area (Å²) in [7, 11) is 0. The van der Waals surface area contributed by atoms with E-state index in [9.17, 15) is 9.90 Å². The van der Waals surface area contributed by atoms with Gasteiger partial charge in [0.2, 0.25) is 5.91 Å². The summed E-state index contributed by atoms with van der Waals surface area (Å²) in [6.07, 6.45) is 1.91. The second-order valence-corrected chi connectivity index (χ2v) is 6.15. The molecule has 0 fully saturated rings. The maximum absolute atomic E-state index is 12.6. The van der Waals surface area contributed by atoms with Gasteiger partial charge in [0, 0.05) is 18.7 Å². The molecule has 0 atom stereocenters. The van der Waals surface area contributed by atoms with Gasteiger partial charge in [0.25, 0.3) is 0 Å². The summed E-state index contributed by atoms with van der Waals surface area (Å²) in [6.45, 7) is 5.14. The molecule has 1 aromatic heterocycles. The number of aromatic amines is 1. The number of rotatable bonds is 8. The Morgan fingerprint density at radius 3 is 2.67 bits per heavy atom. The summed E-state index contributed by atoms with van der Waals surface area (Å²) in [4.78, 5) is 14.3. The minimum Gasteiger partial charge on any atom is -0.395 e. The predicted molar refractivity (Wildman–Crippen MR) is 96.2 cm³/mol. The highest BCUT2D eigenvalue weighted by Gasteiger charge is 2.17. The van der Waals surface area contributed by atoms with Crippen molar-refractivity contribution in [3.05, 3.63) is 34.6 Å². The van der Waals surface area contributed by atoms with Crippen molar-refractivity contribution in [2.24, 2.45) is 0 Å². The molecule has 6 nitrogen and oxygen atoms in total. The first-order valence-corrected chi connectivity index (χ1v) is 8.58. The zero-order valence-electron chi connectivity index (χ0n) is 14.2. The fourth-order valence-corrected chi connectivity index (χ4v) is 2.65. The molecule has 0 saturated heterocycles. The number of carbonyl (C=O) groups is 1. The van der Waals surface area contributed by atoms with E-state index in [0.29, 0.717) is 23.7 Å². The van der Waals surface area contributed by atoms with E-state index in [1.165, 1.54) is 0 Å². The first-order valence-electron chi connectivity index (χ1n) is 8.17. The molecule has 130 valence electrons. The second kappa shape index (κ2) is 8.75. The molecule has 2 aromatic rings. The van der Waals surface area contributed by atoms with Crippen LogP contribution in [0.1, 0.15) is 25.3 Å². The molecule has 24 heavy (non-hydrogen) atoms. The second-order valence-electron chi connectivity index (χ2n) is 5.76. The number of nitrogens with one attached hydrogen (secondary N) is 1. The molecule has 0 bridgehead atoms. The molecular formula is C17H24N4O2S. The third-order valence-corrected chi connectivity index (χ3v) is 4.18. The molecule has 0 unspecified atom stereocenters. The number of hydrogen-bond acceptors (Lipinski definition) is 4. The molecule has 2 N–H and O–H groups in total. The van der Waals surface area contributed by atoms with Crippen LogP contribution >= 0.6 is 12.2 Å². The van der Waals surface area contributed by atoms with E-state index in [1.54, 1.807) is 9.47 Å². The van der Waals surface area contributed by atoms with Crippen molar-refractivity contribution in [3.63, 3.8) is 0 Å². The van der Waals surface area contributed by atoms with Crippen molar-refractivity contribution in [2.75, 3.05) is 19.7 Å². The molecule has 2 rings (SSSR count). The predicted octanol–water partition coefficient (Wildman–Crippen LogP) is 2.54. The van der Waals surface area contributed by atoms with Crippen LogP contribution < -0.4 is 0 Å².